The van der Waals surface area contributed by atoms with E-state index in [1.54, 1.807) is 6.20 Å². The molecule has 1 aromatic rings. The summed E-state index contributed by atoms with van der Waals surface area (Å²) in [5.74, 6) is 0. The molecule has 1 aliphatic heterocycles. The topological polar surface area (TPSA) is 87.1 Å². The third-order valence-electron chi connectivity index (χ3n) is 3.13. The monoisotopic (exact) mass is 270 g/mol. The van der Waals surface area contributed by atoms with Crippen molar-refractivity contribution in [1.29, 1.82) is 0 Å². The van der Waals surface area contributed by atoms with Gasteiger partial charge in [-0.2, -0.15) is 0 Å². The molecule has 0 aromatic carbocycles. The Balaban J connectivity index is 2.13. The summed E-state index contributed by atoms with van der Waals surface area (Å²) in [5, 5.41) is 15.2. The first-order valence-corrected chi connectivity index (χ1v) is 6.16. The number of carboxylic acid groups (broad SMARTS) is 1. The molecule has 2 heterocycles. The Morgan fingerprint density at radius 1 is 1.44 bits per heavy atom. The zero-order valence-electron chi connectivity index (χ0n) is 9.82. The number of hydrogen-bond donors (Lipinski definition) is 3. The smallest absolute Gasteiger partial charge is 0.405 e. The Bertz CT molecular complexity index is 418. The van der Waals surface area contributed by atoms with Crippen molar-refractivity contribution in [1.82, 2.24) is 20.6 Å². The number of nitrogens with zero attached hydrogens (tertiary/aromatic N) is 2. The van der Waals surface area contributed by atoms with E-state index in [9.17, 15) is 4.79 Å². The van der Waals surface area contributed by atoms with Crippen molar-refractivity contribution >= 4 is 17.7 Å². The second kappa shape index (κ2) is 5.49. The minimum absolute atomic E-state index is 0.337. The first-order valence-electron chi connectivity index (χ1n) is 5.78. The van der Waals surface area contributed by atoms with Crippen LogP contribution < -0.4 is 10.6 Å². The van der Waals surface area contributed by atoms with Gasteiger partial charge in [-0.3, -0.25) is 4.98 Å². The van der Waals surface area contributed by atoms with Crippen molar-refractivity contribution in [3.8, 4) is 0 Å². The summed E-state index contributed by atoms with van der Waals surface area (Å²) in [6, 6.07) is 0. The number of carbonyl (C=O) groups is 1. The molecular formula is C11H15ClN4O2. The Labute approximate surface area is 110 Å². The molecule has 1 fully saturated rings. The summed E-state index contributed by atoms with van der Waals surface area (Å²) >= 11 is 5.68. The molecule has 2 rings (SSSR count). The molecule has 0 unspecified atom stereocenters. The minimum Gasteiger partial charge on any atom is -0.465 e. The lowest BCUT2D eigenvalue weighted by molar-refractivity contribution is 0.164. The highest BCUT2D eigenvalue weighted by atomic mass is 35.5. The summed E-state index contributed by atoms with van der Waals surface area (Å²) in [7, 11) is 0. The van der Waals surface area contributed by atoms with E-state index in [1.165, 1.54) is 6.20 Å². The van der Waals surface area contributed by atoms with Gasteiger partial charge in [-0.05, 0) is 25.9 Å². The molecule has 3 N–H and O–H groups in total. The Morgan fingerprint density at radius 2 is 2.17 bits per heavy atom. The summed E-state index contributed by atoms with van der Waals surface area (Å²) in [6.45, 7) is 1.59. The minimum atomic E-state index is -1.00. The van der Waals surface area contributed by atoms with Crippen molar-refractivity contribution in [2.75, 3.05) is 13.1 Å². The van der Waals surface area contributed by atoms with Crippen LogP contribution in [0.5, 0.6) is 0 Å². The molecule has 0 spiro atoms. The van der Waals surface area contributed by atoms with Gasteiger partial charge < -0.3 is 15.7 Å². The molecule has 6 nitrogen and oxygen atoms in total. The fourth-order valence-electron chi connectivity index (χ4n) is 2.26. The van der Waals surface area contributed by atoms with E-state index in [4.69, 9.17) is 16.7 Å². The number of halogens is 1. The first kappa shape index (κ1) is 13.0. The van der Waals surface area contributed by atoms with Crippen LogP contribution in [-0.2, 0) is 6.42 Å². The van der Waals surface area contributed by atoms with Crippen LogP contribution in [-0.4, -0.2) is 39.8 Å². The van der Waals surface area contributed by atoms with E-state index >= 15 is 0 Å². The maximum absolute atomic E-state index is 10.9. The SMILES string of the molecule is O=C(O)NC1(Cc2cnc(Cl)cn2)CCNCC1. The first-order chi connectivity index (χ1) is 8.60. The van der Waals surface area contributed by atoms with Gasteiger partial charge in [0.1, 0.15) is 5.15 Å². The third-order valence-corrected chi connectivity index (χ3v) is 3.32. The molecule has 98 valence electrons. The van der Waals surface area contributed by atoms with Crippen LogP contribution in [0, 0.1) is 0 Å². The van der Waals surface area contributed by atoms with Gasteiger partial charge in [-0.25, -0.2) is 9.78 Å². The third kappa shape index (κ3) is 3.30. The predicted molar refractivity (Wildman–Crippen MR) is 66.7 cm³/mol. The van der Waals surface area contributed by atoms with Crippen LogP contribution in [0.25, 0.3) is 0 Å². The van der Waals surface area contributed by atoms with Gasteiger partial charge in [0.15, 0.2) is 0 Å². The highest BCUT2D eigenvalue weighted by Crippen LogP contribution is 2.23. The summed E-state index contributed by atoms with van der Waals surface area (Å²) < 4.78 is 0. The van der Waals surface area contributed by atoms with Gasteiger partial charge in [0.05, 0.1) is 23.6 Å². The molecule has 18 heavy (non-hydrogen) atoms. The molecule has 1 saturated heterocycles. The quantitative estimate of drug-likeness (QED) is 0.765. The predicted octanol–water partition coefficient (Wildman–Crippen LogP) is 1.06. The van der Waals surface area contributed by atoms with E-state index in [0.717, 1.165) is 31.6 Å². The molecule has 0 radical (unpaired) electrons. The zero-order chi connectivity index (χ0) is 13.0. The van der Waals surface area contributed by atoms with Gasteiger partial charge in [-0.15, -0.1) is 0 Å². The van der Waals surface area contributed by atoms with Gasteiger partial charge >= 0.3 is 6.09 Å². The molecule has 7 heteroatoms. The van der Waals surface area contributed by atoms with Gasteiger partial charge in [0.25, 0.3) is 0 Å². The molecule has 1 aromatic heterocycles. The van der Waals surface area contributed by atoms with Crippen molar-refractivity contribution in [2.45, 2.75) is 24.8 Å². The number of piperidine rings is 1. The van der Waals surface area contributed by atoms with E-state index in [0.29, 0.717) is 11.6 Å². The van der Waals surface area contributed by atoms with Crippen LogP contribution in [0.15, 0.2) is 12.4 Å². The van der Waals surface area contributed by atoms with Crippen molar-refractivity contribution < 1.29 is 9.90 Å². The number of amides is 1. The average Bonchev–Trinajstić information content (AvgIpc) is 2.32. The number of nitrogens with one attached hydrogen (secondary N) is 2. The molecular weight excluding hydrogens is 256 g/mol. The lowest BCUT2D eigenvalue weighted by Crippen LogP contribution is -2.55. The van der Waals surface area contributed by atoms with Crippen molar-refractivity contribution in [2.24, 2.45) is 0 Å². The Morgan fingerprint density at radius 3 is 2.72 bits per heavy atom. The van der Waals surface area contributed by atoms with E-state index in [2.05, 4.69) is 20.6 Å². The second-order valence-corrected chi connectivity index (χ2v) is 4.85. The van der Waals surface area contributed by atoms with E-state index < -0.39 is 11.6 Å². The lowest BCUT2D eigenvalue weighted by atomic mass is 9.84. The summed E-state index contributed by atoms with van der Waals surface area (Å²) in [4.78, 5) is 19.1. The van der Waals surface area contributed by atoms with Crippen LogP contribution in [0.4, 0.5) is 4.79 Å². The summed E-state index contributed by atoms with van der Waals surface area (Å²) in [6.07, 6.45) is 4.08. The number of rotatable bonds is 3. The Hall–Kier alpha value is -1.40. The molecule has 0 bridgehead atoms. The highest BCUT2D eigenvalue weighted by molar-refractivity contribution is 6.29. The number of hydrogen-bond acceptors (Lipinski definition) is 4. The van der Waals surface area contributed by atoms with Gasteiger partial charge in [-0.1, -0.05) is 11.6 Å². The standard InChI is InChI=1S/C11H15ClN4O2/c12-9-7-14-8(6-15-9)5-11(16-10(17)18)1-3-13-4-2-11/h6-7,13,16H,1-5H2,(H,17,18). The fraction of sp³-hybridized carbons (Fsp3) is 0.545. The maximum atomic E-state index is 10.9. The van der Waals surface area contributed by atoms with Crippen LogP contribution in [0.2, 0.25) is 5.15 Å². The molecule has 1 amide bonds. The zero-order valence-corrected chi connectivity index (χ0v) is 10.6. The van der Waals surface area contributed by atoms with Crippen molar-refractivity contribution in [3.63, 3.8) is 0 Å². The Kier molecular flexibility index (Phi) is 3.98. The van der Waals surface area contributed by atoms with Gasteiger partial charge in [0, 0.05) is 6.42 Å². The van der Waals surface area contributed by atoms with E-state index in [-0.39, 0.29) is 0 Å². The molecule has 0 aliphatic carbocycles. The fourth-order valence-corrected chi connectivity index (χ4v) is 2.35. The molecule has 0 atom stereocenters. The largest absolute Gasteiger partial charge is 0.465 e. The average molecular weight is 271 g/mol. The van der Waals surface area contributed by atoms with Crippen molar-refractivity contribution in [3.05, 3.63) is 23.2 Å². The van der Waals surface area contributed by atoms with Crippen LogP contribution in [0.3, 0.4) is 0 Å². The highest BCUT2D eigenvalue weighted by Gasteiger charge is 2.34. The molecule has 1 aliphatic rings. The summed E-state index contributed by atoms with van der Waals surface area (Å²) in [5.41, 5.74) is 0.287. The van der Waals surface area contributed by atoms with Crippen LogP contribution >= 0.6 is 11.6 Å². The maximum Gasteiger partial charge on any atom is 0.405 e. The molecule has 0 saturated carbocycles. The van der Waals surface area contributed by atoms with E-state index in [1.807, 2.05) is 0 Å². The lowest BCUT2D eigenvalue weighted by Gasteiger charge is -2.37. The number of aromatic nitrogens is 2. The second-order valence-electron chi connectivity index (χ2n) is 4.47. The van der Waals surface area contributed by atoms with Crippen LogP contribution in [0.1, 0.15) is 18.5 Å². The van der Waals surface area contributed by atoms with Gasteiger partial charge in [0.2, 0.25) is 0 Å². The normalized spacial score (nSPS) is 18.3.